The third kappa shape index (κ3) is 6.78. The van der Waals surface area contributed by atoms with E-state index in [-0.39, 0.29) is 36.2 Å². The summed E-state index contributed by atoms with van der Waals surface area (Å²) in [4.78, 5) is 26.6. The molecule has 1 aliphatic rings. The molecule has 3 aromatic carbocycles. The molecule has 3 aromatic rings. The normalized spacial score (nSPS) is 16.3. The monoisotopic (exact) mass is 579 g/mol. The summed E-state index contributed by atoms with van der Waals surface area (Å²) in [7, 11) is -0.676. The maximum atomic E-state index is 13.6. The van der Waals surface area contributed by atoms with Crippen molar-refractivity contribution in [3.8, 4) is 5.75 Å². The van der Waals surface area contributed by atoms with E-state index in [9.17, 15) is 18.0 Å². The number of ether oxygens (including phenoxy) is 2. The quantitative estimate of drug-likeness (QED) is 0.347. The first kappa shape index (κ1) is 30.2. The van der Waals surface area contributed by atoms with Gasteiger partial charge in [-0.2, -0.15) is 4.31 Å². The van der Waals surface area contributed by atoms with Gasteiger partial charge in [-0.05, 0) is 47.7 Å². The molecule has 1 fully saturated rings. The van der Waals surface area contributed by atoms with Gasteiger partial charge in [0.15, 0.2) is 11.7 Å². The summed E-state index contributed by atoms with van der Waals surface area (Å²) >= 11 is 0. The van der Waals surface area contributed by atoms with Gasteiger partial charge in [0, 0.05) is 14.1 Å². The molecule has 0 bridgehead atoms. The fraction of sp³-hybridized carbons (Fsp3) is 0.355. The SMILES string of the molecule is CC(C)C(OC(=O)[C@@H](N)Cc1cccc(S(=O)(=O)N2CC(Oc3ccccc3)(c3ccccc3)C2)c1)C(=O)N(C)C. The zero-order chi connectivity index (χ0) is 29.8. The number of nitrogens with zero attached hydrogens (tertiary/aromatic N) is 2. The van der Waals surface area contributed by atoms with Gasteiger partial charge in [-0.3, -0.25) is 9.59 Å². The second-order valence-corrected chi connectivity index (χ2v) is 12.8. The van der Waals surface area contributed by atoms with Crippen LogP contribution in [0.25, 0.3) is 0 Å². The van der Waals surface area contributed by atoms with Crippen molar-refractivity contribution >= 4 is 21.9 Å². The molecule has 10 heteroatoms. The molecule has 4 rings (SSSR count). The number of rotatable bonds is 11. The van der Waals surface area contributed by atoms with E-state index < -0.39 is 33.7 Å². The molecule has 0 aliphatic carbocycles. The lowest BCUT2D eigenvalue weighted by Crippen LogP contribution is -2.63. The van der Waals surface area contributed by atoms with Crippen molar-refractivity contribution < 1.29 is 27.5 Å². The molecule has 2 atom stereocenters. The Morgan fingerprint density at radius 2 is 1.56 bits per heavy atom. The Bertz CT molecular complexity index is 1460. The topological polar surface area (TPSA) is 119 Å². The van der Waals surface area contributed by atoms with E-state index in [0.717, 1.165) is 5.56 Å². The highest BCUT2D eigenvalue weighted by atomic mass is 32.2. The molecule has 1 amide bonds. The van der Waals surface area contributed by atoms with Gasteiger partial charge >= 0.3 is 5.97 Å². The summed E-state index contributed by atoms with van der Waals surface area (Å²) in [5, 5.41) is 0. The molecule has 0 saturated carbocycles. The van der Waals surface area contributed by atoms with Gasteiger partial charge in [0.2, 0.25) is 10.0 Å². The summed E-state index contributed by atoms with van der Waals surface area (Å²) in [6.07, 6.45) is -0.904. The molecule has 0 aromatic heterocycles. The lowest BCUT2D eigenvalue weighted by molar-refractivity contribution is -0.163. The number of likely N-dealkylation sites (N-methyl/N-ethyl adjacent to an activating group) is 1. The lowest BCUT2D eigenvalue weighted by Gasteiger charge is -2.48. The van der Waals surface area contributed by atoms with E-state index >= 15 is 0 Å². The van der Waals surface area contributed by atoms with E-state index in [1.54, 1.807) is 40.1 Å². The van der Waals surface area contributed by atoms with Crippen LogP contribution in [0.5, 0.6) is 5.75 Å². The standard InChI is InChI=1S/C31H37N3O6S/c1-22(2)28(29(35)33(3)4)39-30(36)27(32)19-23-12-11-17-26(18-23)41(37,38)34-20-31(21-34,24-13-7-5-8-14-24)40-25-15-9-6-10-16-25/h5-18,22,27-28H,19-21,32H2,1-4H3/t27-,28?/m0/s1. The molecule has 9 nitrogen and oxygen atoms in total. The van der Waals surface area contributed by atoms with Crippen LogP contribution in [-0.4, -0.2) is 68.8 Å². The smallest absolute Gasteiger partial charge is 0.324 e. The fourth-order valence-electron chi connectivity index (χ4n) is 4.71. The Hall–Kier alpha value is -3.73. The number of nitrogens with two attached hydrogens (primary N) is 1. The van der Waals surface area contributed by atoms with Gasteiger partial charge in [-0.25, -0.2) is 8.42 Å². The maximum Gasteiger partial charge on any atom is 0.324 e. The van der Waals surface area contributed by atoms with Crippen LogP contribution in [0.3, 0.4) is 0 Å². The summed E-state index contributed by atoms with van der Waals surface area (Å²) in [6, 6.07) is 24.2. The highest BCUT2D eigenvalue weighted by molar-refractivity contribution is 7.89. The number of benzene rings is 3. The predicted octanol–water partition coefficient (Wildman–Crippen LogP) is 3.19. The highest BCUT2D eigenvalue weighted by Crippen LogP contribution is 2.40. The first-order chi connectivity index (χ1) is 19.4. The predicted molar refractivity (Wildman–Crippen MR) is 155 cm³/mol. The van der Waals surface area contributed by atoms with Crippen molar-refractivity contribution in [3.63, 3.8) is 0 Å². The molecule has 1 unspecified atom stereocenters. The average molecular weight is 580 g/mol. The number of hydrogen-bond donors (Lipinski definition) is 1. The summed E-state index contributed by atoms with van der Waals surface area (Å²) in [5.74, 6) is -0.630. The molecule has 0 radical (unpaired) electrons. The van der Waals surface area contributed by atoms with E-state index in [4.69, 9.17) is 15.2 Å². The fourth-order valence-corrected chi connectivity index (χ4v) is 6.32. The molecule has 41 heavy (non-hydrogen) atoms. The Morgan fingerprint density at radius 3 is 2.15 bits per heavy atom. The van der Waals surface area contributed by atoms with Gasteiger partial charge in [0.1, 0.15) is 11.8 Å². The van der Waals surface area contributed by atoms with Crippen LogP contribution in [0.2, 0.25) is 0 Å². The third-order valence-electron chi connectivity index (χ3n) is 7.05. The van der Waals surface area contributed by atoms with Gasteiger partial charge < -0.3 is 20.1 Å². The minimum absolute atomic E-state index is 0.0498. The number of para-hydroxylation sites is 1. The summed E-state index contributed by atoms with van der Waals surface area (Å²) < 4.78 is 40.4. The first-order valence-corrected chi connectivity index (χ1v) is 14.9. The van der Waals surface area contributed by atoms with Crippen LogP contribution in [0.1, 0.15) is 25.0 Å². The number of hydrogen-bond acceptors (Lipinski definition) is 7. The number of esters is 1. The minimum atomic E-state index is -3.86. The molecule has 1 heterocycles. The minimum Gasteiger partial charge on any atom is -0.480 e. The number of carbonyl (C=O) groups is 2. The van der Waals surface area contributed by atoms with Crippen LogP contribution >= 0.6 is 0 Å². The van der Waals surface area contributed by atoms with E-state index in [1.807, 2.05) is 60.7 Å². The molecule has 2 N–H and O–H groups in total. The highest BCUT2D eigenvalue weighted by Gasteiger charge is 2.52. The van der Waals surface area contributed by atoms with Crippen LogP contribution in [-0.2, 0) is 36.4 Å². The number of amides is 1. The van der Waals surface area contributed by atoms with Crippen molar-refractivity contribution in [1.29, 1.82) is 0 Å². The van der Waals surface area contributed by atoms with Gasteiger partial charge in [0.05, 0.1) is 18.0 Å². The van der Waals surface area contributed by atoms with Gasteiger partial charge in [0.25, 0.3) is 5.91 Å². The van der Waals surface area contributed by atoms with Crippen molar-refractivity contribution in [3.05, 3.63) is 96.1 Å². The number of carbonyl (C=O) groups excluding carboxylic acids is 2. The summed E-state index contributed by atoms with van der Waals surface area (Å²) in [5.41, 5.74) is 6.76. The van der Waals surface area contributed by atoms with E-state index in [1.165, 1.54) is 21.3 Å². The Labute approximate surface area is 241 Å². The van der Waals surface area contributed by atoms with Gasteiger partial charge in [-0.1, -0.05) is 74.5 Å². The largest absolute Gasteiger partial charge is 0.480 e. The molecule has 1 aliphatic heterocycles. The van der Waals surface area contributed by atoms with Crippen molar-refractivity contribution in [1.82, 2.24) is 9.21 Å². The van der Waals surface area contributed by atoms with E-state index in [2.05, 4.69) is 0 Å². The zero-order valence-corrected chi connectivity index (χ0v) is 24.6. The molecular weight excluding hydrogens is 542 g/mol. The average Bonchev–Trinajstić information content (AvgIpc) is 2.93. The van der Waals surface area contributed by atoms with Gasteiger partial charge in [-0.15, -0.1) is 0 Å². The van der Waals surface area contributed by atoms with Crippen LogP contribution in [0.4, 0.5) is 0 Å². The molecule has 218 valence electrons. The second-order valence-electron chi connectivity index (χ2n) is 10.8. The van der Waals surface area contributed by atoms with Crippen molar-refractivity contribution in [2.45, 2.75) is 42.9 Å². The molecular formula is C31H37N3O6S. The third-order valence-corrected chi connectivity index (χ3v) is 8.83. The Morgan fingerprint density at radius 1 is 0.951 bits per heavy atom. The maximum absolute atomic E-state index is 13.6. The van der Waals surface area contributed by atoms with Crippen LogP contribution < -0.4 is 10.5 Å². The van der Waals surface area contributed by atoms with E-state index in [0.29, 0.717) is 11.3 Å². The zero-order valence-electron chi connectivity index (χ0n) is 23.8. The van der Waals surface area contributed by atoms with Crippen molar-refractivity contribution in [2.24, 2.45) is 11.7 Å². The molecule has 0 spiro atoms. The van der Waals surface area contributed by atoms with Crippen molar-refractivity contribution in [2.75, 3.05) is 27.2 Å². The second kappa shape index (κ2) is 12.4. The van der Waals surface area contributed by atoms with Crippen LogP contribution in [0, 0.1) is 5.92 Å². The Balaban J connectivity index is 1.48. The Kier molecular flexibility index (Phi) is 9.16. The molecule has 1 saturated heterocycles. The number of sulfonamides is 1. The lowest BCUT2D eigenvalue weighted by atomic mass is 9.87. The summed E-state index contributed by atoms with van der Waals surface area (Å²) in [6.45, 7) is 3.85. The first-order valence-electron chi connectivity index (χ1n) is 13.5. The van der Waals surface area contributed by atoms with Crippen LogP contribution in [0.15, 0.2) is 89.8 Å².